The maximum absolute atomic E-state index is 12.6. The van der Waals surface area contributed by atoms with E-state index in [0.29, 0.717) is 18.2 Å². The summed E-state index contributed by atoms with van der Waals surface area (Å²) in [5, 5.41) is 0. The number of hydrogen-bond acceptors (Lipinski definition) is 8. The van der Waals surface area contributed by atoms with Crippen LogP contribution < -0.4 is 15.6 Å². The molecule has 10 nitrogen and oxygen atoms in total. The van der Waals surface area contributed by atoms with E-state index < -0.39 is 11.6 Å². The number of benzene rings is 1. The molecule has 0 aliphatic carbocycles. The van der Waals surface area contributed by atoms with Gasteiger partial charge in [-0.25, -0.2) is 9.78 Å². The minimum atomic E-state index is -1.14. The average Bonchev–Trinajstić information content (AvgIpc) is 3.42. The van der Waals surface area contributed by atoms with Crippen LogP contribution in [-0.4, -0.2) is 46.4 Å². The third-order valence-corrected chi connectivity index (χ3v) is 5.34. The van der Waals surface area contributed by atoms with E-state index in [1.807, 2.05) is 50.0 Å². The number of aryl methyl sites for hydroxylation is 2. The molecule has 0 fully saturated rings. The lowest BCUT2D eigenvalue weighted by Crippen LogP contribution is -2.46. The van der Waals surface area contributed by atoms with Crippen molar-refractivity contribution >= 4 is 17.8 Å². The highest BCUT2D eigenvalue weighted by atomic mass is 16.6. The highest BCUT2D eigenvalue weighted by molar-refractivity contribution is 5.83. The molecule has 1 heterocycles. The lowest BCUT2D eigenvalue weighted by Gasteiger charge is -2.27. The summed E-state index contributed by atoms with van der Waals surface area (Å²) in [6.45, 7) is 11.7. The van der Waals surface area contributed by atoms with Crippen LogP contribution in [0.15, 0.2) is 53.3 Å². The number of carbonyl (C=O) groups excluding carboxylic acids is 3. The Balaban J connectivity index is 0.00000391. The lowest BCUT2D eigenvalue weighted by molar-refractivity contribution is -0.158. The van der Waals surface area contributed by atoms with Crippen LogP contribution in [0.25, 0.3) is 0 Å². The summed E-state index contributed by atoms with van der Waals surface area (Å²) in [5.41, 5.74) is 6.34. The van der Waals surface area contributed by atoms with Crippen LogP contribution in [0.3, 0.4) is 0 Å². The van der Waals surface area contributed by atoms with Crippen LogP contribution in [0, 0.1) is 26.7 Å². The first-order valence-corrected chi connectivity index (χ1v) is 12.8. The van der Waals surface area contributed by atoms with Crippen molar-refractivity contribution in [2.75, 3.05) is 13.2 Å². The van der Waals surface area contributed by atoms with Crippen LogP contribution in [0.1, 0.15) is 56.7 Å². The number of rotatable bonds is 13. The van der Waals surface area contributed by atoms with Crippen molar-refractivity contribution in [3.05, 3.63) is 71.5 Å². The number of amides is 2. The van der Waals surface area contributed by atoms with E-state index >= 15 is 0 Å². The summed E-state index contributed by atoms with van der Waals surface area (Å²) in [6.07, 6.45) is 18.3. The van der Waals surface area contributed by atoms with E-state index in [1.54, 1.807) is 39.1 Å². The number of hydrazine groups is 1. The number of nitrogens with zero attached hydrogens (tertiary/aromatic N) is 2. The molecule has 0 saturated heterocycles. The Morgan fingerprint density at radius 2 is 1.73 bits per heavy atom. The SMILES string of the molecule is C#C.C/C=C\C=C/CC(=O)NNC(=O)CN(Cc1cc(C)c(OC(C)(C)C(=O)OCC)c(C)c1)Cc1ncco1. The number of esters is 1. The Bertz CT molecular complexity index is 1160. The number of nitrogens with one attached hydrogen (secondary N) is 2. The Hall–Kier alpha value is -4.36. The topological polar surface area (TPSA) is 123 Å². The van der Waals surface area contributed by atoms with Gasteiger partial charge in [-0.1, -0.05) is 36.4 Å². The Kier molecular flexibility index (Phi) is 14.5. The van der Waals surface area contributed by atoms with E-state index in [0.717, 1.165) is 16.7 Å². The van der Waals surface area contributed by atoms with E-state index in [9.17, 15) is 14.4 Å². The number of oxazole rings is 1. The van der Waals surface area contributed by atoms with Gasteiger partial charge in [-0.3, -0.25) is 25.3 Å². The molecular formula is C30H40N4O6. The van der Waals surface area contributed by atoms with Gasteiger partial charge in [-0.05, 0) is 58.2 Å². The van der Waals surface area contributed by atoms with E-state index in [4.69, 9.17) is 13.9 Å². The van der Waals surface area contributed by atoms with E-state index in [1.165, 1.54) is 6.26 Å². The zero-order valence-corrected chi connectivity index (χ0v) is 24.2. The first kappa shape index (κ1) is 33.7. The van der Waals surface area contributed by atoms with Gasteiger partial charge in [0.15, 0.2) is 5.60 Å². The lowest BCUT2D eigenvalue weighted by atomic mass is 10.0. The summed E-state index contributed by atoms with van der Waals surface area (Å²) in [6, 6.07) is 3.89. The second kappa shape index (κ2) is 17.3. The molecule has 1 aromatic carbocycles. The molecule has 2 N–H and O–H groups in total. The van der Waals surface area contributed by atoms with Gasteiger partial charge >= 0.3 is 5.97 Å². The predicted octanol–water partition coefficient (Wildman–Crippen LogP) is 3.93. The highest BCUT2D eigenvalue weighted by Gasteiger charge is 2.32. The smallest absolute Gasteiger partial charge is 0.349 e. The fraction of sp³-hybridized carbons (Fsp3) is 0.400. The van der Waals surface area contributed by atoms with Crippen LogP contribution in [0.5, 0.6) is 5.75 Å². The van der Waals surface area contributed by atoms with Crippen LogP contribution >= 0.6 is 0 Å². The largest absolute Gasteiger partial charge is 0.476 e. The normalized spacial score (nSPS) is 11.2. The molecule has 10 heteroatoms. The summed E-state index contributed by atoms with van der Waals surface area (Å²) in [4.78, 5) is 42.9. The van der Waals surface area contributed by atoms with Gasteiger partial charge in [0.05, 0.1) is 25.9 Å². The summed E-state index contributed by atoms with van der Waals surface area (Å²) in [5.74, 6) is -0.0831. The fourth-order valence-corrected chi connectivity index (χ4v) is 3.64. The molecule has 0 atom stereocenters. The van der Waals surface area contributed by atoms with Crippen LogP contribution in [0.2, 0.25) is 0 Å². The zero-order valence-electron chi connectivity index (χ0n) is 24.2. The van der Waals surface area contributed by atoms with Crippen molar-refractivity contribution in [2.24, 2.45) is 0 Å². The zero-order chi connectivity index (χ0) is 30.1. The van der Waals surface area contributed by atoms with E-state index in [-0.39, 0.29) is 37.9 Å². The van der Waals surface area contributed by atoms with Gasteiger partial charge in [0.1, 0.15) is 12.0 Å². The van der Waals surface area contributed by atoms with Crippen LogP contribution in [0.4, 0.5) is 0 Å². The third kappa shape index (κ3) is 11.6. The highest BCUT2D eigenvalue weighted by Crippen LogP contribution is 2.29. The van der Waals surface area contributed by atoms with Crippen molar-refractivity contribution in [1.82, 2.24) is 20.7 Å². The van der Waals surface area contributed by atoms with Gasteiger partial charge in [0, 0.05) is 13.0 Å². The fourth-order valence-electron chi connectivity index (χ4n) is 3.64. The minimum absolute atomic E-state index is 0.0106. The first-order chi connectivity index (χ1) is 19.1. The molecule has 0 radical (unpaired) electrons. The number of carbonyl (C=O) groups is 3. The molecular weight excluding hydrogens is 512 g/mol. The number of ether oxygens (including phenoxy) is 2. The maximum atomic E-state index is 12.6. The van der Waals surface area contributed by atoms with Gasteiger partial charge in [-0.15, -0.1) is 12.8 Å². The molecule has 216 valence electrons. The Labute approximate surface area is 236 Å². The molecule has 1 aromatic heterocycles. The van der Waals surface area contributed by atoms with Gasteiger partial charge in [-0.2, -0.15) is 0 Å². The van der Waals surface area contributed by atoms with Crippen molar-refractivity contribution in [3.8, 4) is 18.6 Å². The molecule has 0 aliphatic rings. The molecule has 2 rings (SSSR count). The second-order valence-corrected chi connectivity index (χ2v) is 9.22. The second-order valence-electron chi connectivity index (χ2n) is 9.22. The summed E-state index contributed by atoms with van der Waals surface area (Å²) in [7, 11) is 0. The number of allylic oxidation sites excluding steroid dienone is 3. The van der Waals surface area contributed by atoms with Gasteiger partial charge < -0.3 is 13.9 Å². The van der Waals surface area contributed by atoms with Crippen molar-refractivity contribution in [3.63, 3.8) is 0 Å². The van der Waals surface area contributed by atoms with Crippen molar-refractivity contribution in [2.45, 2.75) is 66.7 Å². The van der Waals surface area contributed by atoms with Crippen molar-refractivity contribution in [1.29, 1.82) is 0 Å². The summed E-state index contributed by atoms with van der Waals surface area (Å²) >= 11 is 0. The number of hydrogen-bond donors (Lipinski definition) is 2. The van der Waals surface area contributed by atoms with Gasteiger partial charge in [0.2, 0.25) is 11.8 Å². The molecule has 0 spiro atoms. The standard InChI is InChI=1S/C28H38N4O6.C2H2/c1-7-9-10-11-12-23(33)30-31-24(34)18-32(19-25-29-13-14-37-25)17-22-15-20(3)26(21(4)16-22)38-28(5,6)27(35)36-8-2;1-2/h7,9-11,13-16H,8,12,17-19H2,1-6H3,(H,30,33)(H,31,34);1-2H/b9-7-,11-10-;. The Morgan fingerprint density at radius 1 is 1.07 bits per heavy atom. The monoisotopic (exact) mass is 552 g/mol. The van der Waals surface area contributed by atoms with Gasteiger partial charge in [0.25, 0.3) is 5.91 Å². The average molecular weight is 553 g/mol. The number of terminal acetylenes is 1. The first-order valence-electron chi connectivity index (χ1n) is 12.8. The molecule has 0 bridgehead atoms. The third-order valence-electron chi connectivity index (χ3n) is 5.34. The molecule has 2 amide bonds. The quantitative estimate of drug-likeness (QED) is 0.166. The summed E-state index contributed by atoms with van der Waals surface area (Å²) < 4.78 is 16.6. The van der Waals surface area contributed by atoms with Crippen LogP contribution in [-0.2, 0) is 32.2 Å². The molecule has 0 saturated carbocycles. The molecule has 0 unspecified atom stereocenters. The minimum Gasteiger partial charge on any atom is -0.476 e. The predicted molar refractivity (Wildman–Crippen MR) is 153 cm³/mol. The van der Waals surface area contributed by atoms with E-state index in [2.05, 4.69) is 28.7 Å². The number of aromatic nitrogens is 1. The molecule has 2 aromatic rings. The molecule has 40 heavy (non-hydrogen) atoms. The maximum Gasteiger partial charge on any atom is 0.349 e. The van der Waals surface area contributed by atoms with Crippen molar-refractivity contribution < 1.29 is 28.3 Å². The molecule has 0 aliphatic heterocycles. The Morgan fingerprint density at radius 3 is 2.30 bits per heavy atom.